The molecule has 0 aliphatic carbocycles. The Bertz CT molecular complexity index is 389. The Labute approximate surface area is 68.3 Å². The number of hydrogen-bond acceptors (Lipinski definition) is 1. The van der Waals surface area contributed by atoms with E-state index in [4.69, 9.17) is 0 Å². The lowest BCUT2D eigenvalue weighted by molar-refractivity contribution is 0.630. The van der Waals surface area contributed by atoms with Crippen LogP contribution >= 0.6 is 11.3 Å². The van der Waals surface area contributed by atoms with Gasteiger partial charge in [-0.15, -0.1) is 11.3 Å². The molecule has 2 aromatic rings. The minimum Gasteiger partial charge on any atom is -0.207 e. The Morgan fingerprint density at radius 3 is 3.09 bits per heavy atom. The number of halogens is 1. The number of thiophene rings is 1. The predicted octanol–water partition coefficient (Wildman–Crippen LogP) is 3.15. The number of hydrogen-bond donors (Lipinski definition) is 0. The van der Waals surface area contributed by atoms with E-state index in [0.717, 1.165) is 15.0 Å². The summed E-state index contributed by atoms with van der Waals surface area (Å²) >= 11 is 1.64. The molecule has 2 heteroatoms. The number of aryl methyl sites for hydroxylation is 1. The predicted molar refractivity (Wildman–Crippen MR) is 45.4 cm³/mol. The van der Waals surface area contributed by atoms with E-state index < -0.39 is 0 Å². The van der Waals surface area contributed by atoms with Crippen molar-refractivity contribution in [3.63, 3.8) is 0 Å². The maximum Gasteiger partial charge on any atom is 0.123 e. The Balaban J connectivity index is 2.82. The molecule has 0 saturated carbocycles. The summed E-state index contributed by atoms with van der Waals surface area (Å²) in [6.45, 7) is 1.97. The van der Waals surface area contributed by atoms with E-state index in [-0.39, 0.29) is 5.82 Å². The van der Waals surface area contributed by atoms with Gasteiger partial charge in [-0.05, 0) is 25.1 Å². The second kappa shape index (κ2) is 2.31. The van der Waals surface area contributed by atoms with Crippen LogP contribution in [-0.4, -0.2) is 0 Å². The van der Waals surface area contributed by atoms with Crippen LogP contribution < -0.4 is 0 Å². The SMILES string of the molecule is Cc1[c]c2cc(F)ccc2s1. The first-order valence-corrected chi connectivity index (χ1v) is 4.15. The third-order valence-corrected chi connectivity index (χ3v) is 2.50. The lowest BCUT2D eigenvalue weighted by Crippen LogP contribution is -1.68. The van der Waals surface area contributed by atoms with E-state index in [1.807, 2.05) is 6.92 Å². The molecule has 1 radical (unpaired) electrons. The number of fused-ring (bicyclic) bond motifs is 1. The average Bonchev–Trinajstić information content (AvgIpc) is 2.27. The zero-order valence-electron chi connectivity index (χ0n) is 6.02. The third kappa shape index (κ3) is 1.14. The molecule has 55 valence electrons. The molecule has 0 aliphatic rings. The molecular formula is C9H6FS. The van der Waals surface area contributed by atoms with Crippen molar-refractivity contribution in [1.82, 2.24) is 0 Å². The highest BCUT2D eigenvalue weighted by atomic mass is 32.1. The van der Waals surface area contributed by atoms with Gasteiger partial charge in [0.15, 0.2) is 0 Å². The van der Waals surface area contributed by atoms with Gasteiger partial charge >= 0.3 is 0 Å². The van der Waals surface area contributed by atoms with Crippen molar-refractivity contribution in [2.75, 3.05) is 0 Å². The normalized spacial score (nSPS) is 10.7. The van der Waals surface area contributed by atoms with Gasteiger partial charge in [-0.25, -0.2) is 4.39 Å². The molecule has 0 spiro atoms. The summed E-state index contributed by atoms with van der Waals surface area (Å²) < 4.78 is 13.7. The van der Waals surface area contributed by atoms with Crippen LogP contribution in [0.5, 0.6) is 0 Å². The quantitative estimate of drug-likeness (QED) is 0.562. The van der Waals surface area contributed by atoms with Crippen LogP contribution in [0, 0.1) is 18.8 Å². The minimum atomic E-state index is -0.188. The van der Waals surface area contributed by atoms with E-state index in [1.165, 1.54) is 12.1 Å². The molecule has 11 heavy (non-hydrogen) atoms. The summed E-state index contributed by atoms with van der Waals surface area (Å²) in [7, 11) is 0. The molecule has 0 aliphatic heterocycles. The van der Waals surface area contributed by atoms with Crippen molar-refractivity contribution in [3.05, 3.63) is 35.0 Å². The summed E-state index contributed by atoms with van der Waals surface area (Å²) in [6.07, 6.45) is 0. The molecule has 0 fully saturated rings. The molecule has 0 atom stereocenters. The van der Waals surface area contributed by atoms with Crippen molar-refractivity contribution >= 4 is 21.4 Å². The second-order valence-electron chi connectivity index (χ2n) is 2.42. The summed E-state index contributed by atoms with van der Waals surface area (Å²) in [4.78, 5) is 1.10. The Kier molecular flexibility index (Phi) is 1.43. The van der Waals surface area contributed by atoms with Crippen LogP contribution in [0.1, 0.15) is 4.88 Å². The van der Waals surface area contributed by atoms with E-state index in [2.05, 4.69) is 6.07 Å². The van der Waals surface area contributed by atoms with Crippen molar-refractivity contribution in [2.24, 2.45) is 0 Å². The van der Waals surface area contributed by atoms with Gasteiger partial charge in [-0.1, -0.05) is 0 Å². The van der Waals surface area contributed by atoms with Gasteiger partial charge in [0.1, 0.15) is 5.82 Å². The highest BCUT2D eigenvalue weighted by molar-refractivity contribution is 7.18. The van der Waals surface area contributed by atoms with Crippen LogP contribution in [0.15, 0.2) is 18.2 Å². The molecule has 0 bridgehead atoms. The standard InChI is InChI=1S/C9H6FS/c1-6-4-7-5-8(10)2-3-9(7)11-6/h2-3,5H,1H3. The first kappa shape index (κ1) is 6.80. The highest BCUT2D eigenvalue weighted by Crippen LogP contribution is 2.24. The average molecular weight is 165 g/mol. The van der Waals surface area contributed by atoms with Gasteiger partial charge < -0.3 is 0 Å². The Morgan fingerprint density at radius 2 is 2.27 bits per heavy atom. The summed E-state index contributed by atoms with van der Waals surface area (Å²) in [5, 5.41) is 0.882. The van der Waals surface area contributed by atoms with Crippen LogP contribution in [-0.2, 0) is 0 Å². The van der Waals surface area contributed by atoms with Gasteiger partial charge in [0.25, 0.3) is 0 Å². The molecule has 0 nitrogen and oxygen atoms in total. The second-order valence-corrected chi connectivity index (χ2v) is 3.68. The van der Waals surface area contributed by atoms with Gasteiger partial charge in [-0.3, -0.25) is 0 Å². The fourth-order valence-corrected chi connectivity index (χ4v) is 1.92. The molecular weight excluding hydrogens is 159 g/mol. The van der Waals surface area contributed by atoms with Crippen molar-refractivity contribution < 1.29 is 4.39 Å². The van der Waals surface area contributed by atoms with E-state index in [9.17, 15) is 4.39 Å². The zero-order valence-corrected chi connectivity index (χ0v) is 6.83. The Morgan fingerprint density at radius 1 is 1.45 bits per heavy atom. The van der Waals surface area contributed by atoms with Gasteiger partial charge in [0.05, 0.1) is 0 Å². The fourth-order valence-electron chi connectivity index (χ4n) is 1.07. The first-order valence-electron chi connectivity index (χ1n) is 3.34. The summed E-state index contributed by atoms with van der Waals surface area (Å²) in [6, 6.07) is 7.86. The van der Waals surface area contributed by atoms with Crippen LogP contribution in [0.2, 0.25) is 0 Å². The van der Waals surface area contributed by atoms with Crippen LogP contribution in [0.25, 0.3) is 10.1 Å². The zero-order chi connectivity index (χ0) is 7.84. The van der Waals surface area contributed by atoms with E-state index >= 15 is 0 Å². The number of benzene rings is 1. The van der Waals surface area contributed by atoms with Crippen molar-refractivity contribution in [3.8, 4) is 0 Å². The lowest BCUT2D eigenvalue weighted by Gasteiger charge is -1.86. The summed E-state index contributed by atoms with van der Waals surface area (Å²) in [5.74, 6) is -0.188. The van der Waals surface area contributed by atoms with Gasteiger partial charge in [0, 0.05) is 21.0 Å². The topological polar surface area (TPSA) is 0 Å². The van der Waals surface area contributed by atoms with Gasteiger partial charge in [-0.2, -0.15) is 0 Å². The maximum atomic E-state index is 12.6. The highest BCUT2D eigenvalue weighted by Gasteiger charge is 1.98. The molecule has 0 amide bonds. The van der Waals surface area contributed by atoms with Crippen LogP contribution in [0.4, 0.5) is 4.39 Å². The van der Waals surface area contributed by atoms with Crippen molar-refractivity contribution in [1.29, 1.82) is 0 Å². The molecule has 0 unspecified atom stereocenters. The fraction of sp³-hybridized carbons (Fsp3) is 0.111. The number of rotatable bonds is 0. The smallest absolute Gasteiger partial charge is 0.123 e. The molecule has 1 aromatic carbocycles. The molecule has 0 N–H and O–H groups in total. The van der Waals surface area contributed by atoms with E-state index in [0.29, 0.717) is 0 Å². The lowest BCUT2D eigenvalue weighted by atomic mass is 10.2. The van der Waals surface area contributed by atoms with Gasteiger partial charge in [0.2, 0.25) is 0 Å². The van der Waals surface area contributed by atoms with Crippen LogP contribution in [0.3, 0.4) is 0 Å². The molecule has 2 rings (SSSR count). The first-order chi connectivity index (χ1) is 5.25. The molecule has 0 saturated heterocycles. The largest absolute Gasteiger partial charge is 0.207 e. The van der Waals surface area contributed by atoms with Crippen molar-refractivity contribution in [2.45, 2.75) is 6.92 Å². The molecule has 1 aromatic heterocycles. The molecule has 1 heterocycles. The Hall–Kier alpha value is -0.890. The maximum absolute atomic E-state index is 12.6. The van der Waals surface area contributed by atoms with E-state index in [1.54, 1.807) is 17.4 Å². The third-order valence-electron chi connectivity index (χ3n) is 1.52. The summed E-state index contributed by atoms with van der Waals surface area (Å²) in [5.41, 5.74) is 0. The minimum absolute atomic E-state index is 0.188. The monoisotopic (exact) mass is 165 g/mol.